The van der Waals surface area contributed by atoms with Gasteiger partial charge >= 0.3 is 0 Å². The Bertz CT molecular complexity index is 824. The lowest BCUT2D eigenvalue weighted by Crippen LogP contribution is -2.14. The van der Waals surface area contributed by atoms with Crippen LogP contribution in [0.1, 0.15) is 12.5 Å². The summed E-state index contributed by atoms with van der Waals surface area (Å²) in [5.74, 6) is -0.0191. The van der Waals surface area contributed by atoms with E-state index in [-0.39, 0.29) is 5.57 Å². The van der Waals surface area contributed by atoms with Gasteiger partial charge < -0.3 is 15.4 Å². The largest absolute Gasteiger partial charge is 0.495 e. The zero-order valence-corrected chi connectivity index (χ0v) is 14.7. The second-order valence-corrected chi connectivity index (χ2v) is 5.58. The summed E-state index contributed by atoms with van der Waals surface area (Å²) in [6.07, 6.45) is 2.33. The first-order valence-corrected chi connectivity index (χ1v) is 8.05. The van der Waals surface area contributed by atoms with Crippen molar-refractivity contribution in [3.63, 3.8) is 0 Å². The van der Waals surface area contributed by atoms with Gasteiger partial charge in [-0.15, -0.1) is 0 Å². The molecule has 0 saturated heterocycles. The van der Waals surface area contributed by atoms with Crippen LogP contribution in [0.5, 0.6) is 5.75 Å². The number of hydrogen-bond donors (Lipinski definition) is 2. The van der Waals surface area contributed by atoms with Gasteiger partial charge in [0.05, 0.1) is 12.1 Å². The molecule has 2 rings (SSSR count). The summed E-state index contributed by atoms with van der Waals surface area (Å²) in [4.78, 5) is 12.2. The molecule has 6 heteroatoms. The van der Waals surface area contributed by atoms with Crippen LogP contribution in [0, 0.1) is 11.3 Å². The molecule has 0 fully saturated rings. The molecule has 0 bridgehead atoms. The summed E-state index contributed by atoms with van der Waals surface area (Å²) >= 11 is 6.02. The van der Waals surface area contributed by atoms with Crippen molar-refractivity contribution < 1.29 is 9.53 Å². The van der Waals surface area contributed by atoms with E-state index in [9.17, 15) is 10.1 Å². The number of carbonyl (C=O) groups is 1. The predicted molar refractivity (Wildman–Crippen MR) is 99.8 cm³/mol. The zero-order chi connectivity index (χ0) is 18.2. The van der Waals surface area contributed by atoms with E-state index < -0.39 is 5.91 Å². The Balaban J connectivity index is 2.07. The number of nitriles is 1. The maximum absolute atomic E-state index is 12.2. The second kappa shape index (κ2) is 8.76. The fourth-order valence-electron chi connectivity index (χ4n) is 2.08. The Hall–Kier alpha value is -2.97. The molecule has 2 aromatic rings. The topological polar surface area (TPSA) is 74.2 Å². The van der Waals surface area contributed by atoms with E-state index in [1.807, 2.05) is 30.3 Å². The van der Waals surface area contributed by atoms with Crippen LogP contribution in [0.25, 0.3) is 0 Å². The third kappa shape index (κ3) is 5.00. The van der Waals surface area contributed by atoms with Crippen molar-refractivity contribution in [3.05, 3.63) is 64.8 Å². The number of nitrogens with one attached hydrogen (secondary N) is 2. The van der Waals surface area contributed by atoms with Crippen molar-refractivity contribution in [1.29, 1.82) is 5.26 Å². The molecule has 1 amide bonds. The fourth-order valence-corrected chi connectivity index (χ4v) is 2.34. The number of nitrogens with zero attached hydrogens (tertiary/aromatic N) is 1. The average Bonchev–Trinajstić information content (AvgIpc) is 2.63. The standard InChI is InChI=1S/C19H18ClN3O2/c1-3-13-4-6-15(7-5-13)22-12-14(11-21)19(24)23-16-8-9-18(25-2)17(20)10-16/h4-10,12,22H,3H2,1-2H3,(H,23,24)/b14-12-. The van der Waals surface area contributed by atoms with Crippen molar-refractivity contribution in [2.24, 2.45) is 0 Å². The fraction of sp³-hybridized carbons (Fsp3) is 0.158. The van der Waals surface area contributed by atoms with Gasteiger partial charge in [0, 0.05) is 17.6 Å². The molecule has 0 aliphatic carbocycles. The normalized spacial score (nSPS) is 10.7. The molecule has 0 saturated carbocycles. The van der Waals surface area contributed by atoms with E-state index in [4.69, 9.17) is 16.3 Å². The number of rotatable bonds is 6. The minimum Gasteiger partial charge on any atom is -0.495 e. The van der Waals surface area contributed by atoms with Crippen molar-refractivity contribution in [2.45, 2.75) is 13.3 Å². The first-order chi connectivity index (χ1) is 12.1. The van der Waals surface area contributed by atoms with Gasteiger partial charge in [-0.1, -0.05) is 30.7 Å². The van der Waals surface area contributed by atoms with E-state index >= 15 is 0 Å². The zero-order valence-electron chi connectivity index (χ0n) is 14.0. The summed E-state index contributed by atoms with van der Waals surface area (Å²) in [5.41, 5.74) is 2.44. The number of halogens is 1. The molecule has 0 radical (unpaired) electrons. The van der Waals surface area contributed by atoms with Crippen molar-refractivity contribution in [1.82, 2.24) is 0 Å². The molecule has 0 aliphatic heterocycles. The molecular weight excluding hydrogens is 338 g/mol. The molecule has 5 nitrogen and oxygen atoms in total. The lowest BCUT2D eigenvalue weighted by Gasteiger charge is -2.08. The Labute approximate surface area is 151 Å². The number of anilines is 2. The minimum atomic E-state index is -0.526. The average molecular weight is 356 g/mol. The molecule has 0 heterocycles. The third-order valence-electron chi connectivity index (χ3n) is 3.52. The van der Waals surface area contributed by atoms with Crippen LogP contribution in [0.2, 0.25) is 5.02 Å². The van der Waals surface area contributed by atoms with Crippen LogP contribution in [0.3, 0.4) is 0 Å². The van der Waals surface area contributed by atoms with Gasteiger partial charge in [0.1, 0.15) is 17.4 Å². The summed E-state index contributed by atoms with van der Waals surface area (Å²) in [7, 11) is 1.51. The SMILES string of the molecule is CCc1ccc(N/C=C(/C#N)C(=O)Nc2ccc(OC)c(Cl)c2)cc1. The number of methoxy groups -OCH3 is 1. The molecule has 0 aromatic heterocycles. The van der Waals surface area contributed by atoms with E-state index in [2.05, 4.69) is 17.6 Å². The highest BCUT2D eigenvalue weighted by atomic mass is 35.5. The number of carbonyl (C=O) groups excluding carboxylic acids is 1. The lowest BCUT2D eigenvalue weighted by atomic mass is 10.1. The van der Waals surface area contributed by atoms with Crippen molar-refractivity contribution in [2.75, 3.05) is 17.7 Å². The van der Waals surface area contributed by atoms with Crippen LogP contribution >= 0.6 is 11.6 Å². The molecule has 2 aromatic carbocycles. The van der Waals surface area contributed by atoms with Crippen LogP contribution in [0.15, 0.2) is 54.2 Å². The molecule has 128 valence electrons. The van der Waals surface area contributed by atoms with Crippen LogP contribution in [-0.2, 0) is 11.2 Å². The Morgan fingerprint density at radius 3 is 2.48 bits per heavy atom. The van der Waals surface area contributed by atoms with Crippen molar-refractivity contribution >= 4 is 28.9 Å². The number of amides is 1. The quantitative estimate of drug-likeness (QED) is 0.596. The van der Waals surface area contributed by atoms with Gasteiger partial charge in [-0.3, -0.25) is 4.79 Å². The monoisotopic (exact) mass is 355 g/mol. The molecular formula is C19H18ClN3O2. The third-order valence-corrected chi connectivity index (χ3v) is 3.82. The van der Waals surface area contributed by atoms with E-state index in [0.29, 0.717) is 16.5 Å². The number of ether oxygens (including phenoxy) is 1. The summed E-state index contributed by atoms with van der Waals surface area (Å²) in [6.45, 7) is 2.08. The molecule has 25 heavy (non-hydrogen) atoms. The van der Waals surface area contributed by atoms with Crippen molar-refractivity contribution in [3.8, 4) is 11.8 Å². The smallest absolute Gasteiger partial charge is 0.267 e. The minimum absolute atomic E-state index is 0.0495. The highest BCUT2D eigenvalue weighted by Crippen LogP contribution is 2.27. The molecule has 2 N–H and O–H groups in total. The number of hydrogen-bond acceptors (Lipinski definition) is 4. The van der Waals surface area contributed by atoms with Gasteiger partial charge in [-0.2, -0.15) is 5.26 Å². The maximum Gasteiger partial charge on any atom is 0.267 e. The molecule has 0 spiro atoms. The highest BCUT2D eigenvalue weighted by Gasteiger charge is 2.10. The summed E-state index contributed by atoms with van der Waals surface area (Å²) < 4.78 is 5.06. The summed E-state index contributed by atoms with van der Waals surface area (Å²) in [6, 6.07) is 14.5. The van der Waals surface area contributed by atoms with E-state index in [0.717, 1.165) is 12.1 Å². The highest BCUT2D eigenvalue weighted by molar-refractivity contribution is 6.32. The predicted octanol–water partition coefficient (Wildman–Crippen LogP) is 4.37. The van der Waals surface area contributed by atoms with Gasteiger partial charge in [0.15, 0.2) is 0 Å². The molecule has 0 atom stereocenters. The second-order valence-electron chi connectivity index (χ2n) is 5.17. The number of benzene rings is 2. The van der Waals surface area contributed by atoms with Gasteiger partial charge in [-0.25, -0.2) is 0 Å². The van der Waals surface area contributed by atoms with Crippen LogP contribution in [-0.4, -0.2) is 13.0 Å². The Morgan fingerprint density at radius 2 is 1.92 bits per heavy atom. The van der Waals surface area contributed by atoms with Gasteiger partial charge in [-0.05, 0) is 42.3 Å². The van der Waals surface area contributed by atoms with Crippen LogP contribution in [0.4, 0.5) is 11.4 Å². The lowest BCUT2D eigenvalue weighted by molar-refractivity contribution is -0.112. The Kier molecular flexibility index (Phi) is 6.44. The Morgan fingerprint density at radius 1 is 1.24 bits per heavy atom. The van der Waals surface area contributed by atoms with E-state index in [1.54, 1.807) is 18.2 Å². The molecule has 0 unspecified atom stereocenters. The maximum atomic E-state index is 12.2. The van der Waals surface area contributed by atoms with Crippen LogP contribution < -0.4 is 15.4 Å². The van der Waals surface area contributed by atoms with Gasteiger partial charge in [0.2, 0.25) is 0 Å². The summed E-state index contributed by atoms with van der Waals surface area (Å²) in [5, 5.41) is 15.2. The molecule has 0 aliphatic rings. The first kappa shape index (κ1) is 18.4. The number of aryl methyl sites for hydroxylation is 1. The van der Waals surface area contributed by atoms with Gasteiger partial charge in [0.25, 0.3) is 5.91 Å². The van der Waals surface area contributed by atoms with E-state index in [1.165, 1.54) is 18.9 Å². The first-order valence-electron chi connectivity index (χ1n) is 7.68.